The molecule has 1 saturated carbocycles. The van der Waals surface area contributed by atoms with Crippen LogP contribution in [0, 0.1) is 0 Å². The lowest BCUT2D eigenvalue weighted by atomic mass is 10.2. The fraction of sp³-hybridized carbons (Fsp3) is 0.294. The molecule has 1 aliphatic carbocycles. The Balaban J connectivity index is 1.90. The SMILES string of the molecule is CC(=O)c1ccc(S(=O)(=O)N(Cc2cccnc2)C2CC2)cc1. The number of ketones is 1. The molecule has 2 aromatic rings. The number of rotatable bonds is 6. The number of benzene rings is 1. The molecular formula is C17H18N2O3S. The second kappa shape index (κ2) is 6.22. The van der Waals surface area contributed by atoms with Crippen LogP contribution in [-0.4, -0.2) is 29.5 Å². The predicted octanol–water partition coefficient (Wildman–Crippen LogP) is 2.64. The monoisotopic (exact) mass is 330 g/mol. The number of hydrogen-bond acceptors (Lipinski definition) is 4. The lowest BCUT2D eigenvalue weighted by Gasteiger charge is -2.22. The zero-order chi connectivity index (χ0) is 16.4. The summed E-state index contributed by atoms with van der Waals surface area (Å²) in [6.45, 7) is 1.78. The molecule has 0 amide bonds. The van der Waals surface area contributed by atoms with Gasteiger partial charge in [0, 0.05) is 30.5 Å². The van der Waals surface area contributed by atoms with E-state index in [2.05, 4.69) is 4.98 Å². The second-order valence-corrected chi connectivity index (χ2v) is 7.61. The minimum atomic E-state index is -3.58. The van der Waals surface area contributed by atoms with E-state index in [1.54, 1.807) is 30.6 Å². The van der Waals surface area contributed by atoms with Gasteiger partial charge in [-0.25, -0.2) is 8.42 Å². The first-order valence-corrected chi connectivity index (χ1v) is 8.94. The van der Waals surface area contributed by atoms with Crippen LogP contribution in [0.15, 0.2) is 53.7 Å². The molecule has 0 radical (unpaired) electrons. The highest BCUT2D eigenvalue weighted by molar-refractivity contribution is 7.89. The molecule has 0 bridgehead atoms. The largest absolute Gasteiger partial charge is 0.295 e. The van der Waals surface area contributed by atoms with Crippen molar-refractivity contribution in [3.05, 3.63) is 59.9 Å². The van der Waals surface area contributed by atoms with Gasteiger partial charge in [-0.3, -0.25) is 9.78 Å². The van der Waals surface area contributed by atoms with Crippen molar-refractivity contribution in [2.45, 2.75) is 37.2 Å². The first kappa shape index (κ1) is 15.8. The molecule has 0 unspecified atom stereocenters. The quantitative estimate of drug-likeness (QED) is 0.764. The van der Waals surface area contributed by atoms with Crippen molar-refractivity contribution in [2.24, 2.45) is 0 Å². The summed E-state index contributed by atoms with van der Waals surface area (Å²) in [5.74, 6) is -0.0802. The average Bonchev–Trinajstić information content (AvgIpc) is 3.38. The van der Waals surface area contributed by atoms with E-state index in [4.69, 9.17) is 0 Å². The van der Waals surface area contributed by atoms with Crippen LogP contribution in [0.25, 0.3) is 0 Å². The summed E-state index contributed by atoms with van der Waals surface area (Å²) in [5.41, 5.74) is 1.37. The van der Waals surface area contributed by atoms with Crippen molar-refractivity contribution >= 4 is 15.8 Å². The van der Waals surface area contributed by atoms with Gasteiger partial charge in [-0.2, -0.15) is 4.31 Å². The molecule has 1 aliphatic rings. The third-order valence-corrected chi connectivity index (χ3v) is 5.80. The molecule has 1 heterocycles. The van der Waals surface area contributed by atoms with Crippen LogP contribution >= 0.6 is 0 Å². The molecule has 0 spiro atoms. The number of pyridine rings is 1. The summed E-state index contributed by atoms with van der Waals surface area (Å²) < 4.78 is 27.4. The maximum absolute atomic E-state index is 12.9. The van der Waals surface area contributed by atoms with Gasteiger partial charge in [0.25, 0.3) is 0 Å². The Bertz CT molecular complexity index is 797. The standard InChI is InChI=1S/C17H18N2O3S/c1-13(20)15-4-8-17(9-5-15)23(21,22)19(16-6-7-16)12-14-3-2-10-18-11-14/h2-5,8-11,16H,6-7,12H2,1H3. The Kier molecular flexibility index (Phi) is 4.28. The van der Waals surface area contributed by atoms with Gasteiger partial charge in [-0.1, -0.05) is 18.2 Å². The van der Waals surface area contributed by atoms with E-state index in [0.29, 0.717) is 12.1 Å². The number of aromatic nitrogens is 1. The van der Waals surface area contributed by atoms with E-state index in [-0.39, 0.29) is 16.7 Å². The minimum absolute atomic E-state index is 0.0488. The highest BCUT2D eigenvalue weighted by Gasteiger charge is 2.38. The van der Waals surface area contributed by atoms with Crippen LogP contribution in [0.1, 0.15) is 35.7 Å². The smallest absolute Gasteiger partial charge is 0.243 e. The van der Waals surface area contributed by atoms with Crippen LogP contribution in [0.5, 0.6) is 0 Å². The van der Waals surface area contributed by atoms with Gasteiger partial charge < -0.3 is 0 Å². The van der Waals surface area contributed by atoms with Crippen molar-refractivity contribution in [3.63, 3.8) is 0 Å². The van der Waals surface area contributed by atoms with Crippen molar-refractivity contribution < 1.29 is 13.2 Å². The Morgan fingerprint density at radius 1 is 1.22 bits per heavy atom. The van der Waals surface area contributed by atoms with E-state index in [0.717, 1.165) is 18.4 Å². The molecule has 0 N–H and O–H groups in total. The first-order valence-electron chi connectivity index (χ1n) is 7.50. The van der Waals surface area contributed by atoms with Gasteiger partial charge in [0.1, 0.15) is 0 Å². The molecule has 3 rings (SSSR count). The Hall–Kier alpha value is -2.05. The highest BCUT2D eigenvalue weighted by Crippen LogP contribution is 2.33. The topological polar surface area (TPSA) is 67.3 Å². The normalized spacial score (nSPS) is 14.9. The summed E-state index contributed by atoms with van der Waals surface area (Å²) in [4.78, 5) is 15.6. The molecule has 23 heavy (non-hydrogen) atoms. The Morgan fingerprint density at radius 3 is 2.43 bits per heavy atom. The lowest BCUT2D eigenvalue weighted by molar-refractivity contribution is 0.101. The molecule has 120 valence electrons. The number of Topliss-reactive ketones (excluding diaryl/α,β-unsaturated/α-hetero) is 1. The van der Waals surface area contributed by atoms with E-state index in [9.17, 15) is 13.2 Å². The molecule has 1 fully saturated rings. The lowest BCUT2D eigenvalue weighted by Crippen LogP contribution is -2.32. The van der Waals surface area contributed by atoms with E-state index >= 15 is 0 Å². The van der Waals surface area contributed by atoms with Gasteiger partial charge in [-0.15, -0.1) is 0 Å². The van der Waals surface area contributed by atoms with Gasteiger partial charge >= 0.3 is 0 Å². The molecule has 0 saturated heterocycles. The summed E-state index contributed by atoms with van der Waals surface area (Å²) in [5, 5.41) is 0. The van der Waals surface area contributed by atoms with Crippen molar-refractivity contribution in [3.8, 4) is 0 Å². The third-order valence-electron chi connectivity index (χ3n) is 3.88. The van der Waals surface area contributed by atoms with Gasteiger partial charge in [0.05, 0.1) is 4.90 Å². The first-order chi connectivity index (χ1) is 11.0. The zero-order valence-electron chi connectivity index (χ0n) is 12.8. The zero-order valence-corrected chi connectivity index (χ0v) is 13.7. The molecule has 0 atom stereocenters. The Labute approximate surface area is 136 Å². The minimum Gasteiger partial charge on any atom is -0.295 e. The van der Waals surface area contributed by atoms with Crippen LogP contribution in [0.2, 0.25) is 0 Å². The number of carbonyl (C=O) groups is 1. The predicted molar refractivity (Wildman–Crippen MR) is 86.4 cm³/mol. The summed E-state index contributed by atoms with van der Waals surface area (Å²) in [7, 11) is -3.58. The van der Waals surface area contributed by atoms with Crippen molar-refractivity contribution in [2.75, 3.05) is 0 Å². The van der Waals surface area contributed by atoms with Crippen molar-refractivity contribution in [1.82, 2.24) is 9.29 Å². The fourth-order valence-electron chi connectivity index (χ4n) is 2.44. The number of sulfonamides is 1. The van der Waals surface area contributed by atoms with Gasteiger partial charge in [0.2, 0.25) is 10.0 Å². The summed E-state index contributed by atoms with van der Waals surface area (Å²) in [6, 6.07) is 9.85. The second-order valence-electron chi connectivity index (χ2n) is 5.72. The maximum Gasteiger partial charge on any atom is 0.243 e. The van der Waals surface area contributed by atoms with Crippen molar-refractivity contribution in [1.29, 1.82) is 0 Å². The van der Waals surface area contributed by atoms with E-state index in [1.807, 2.05) is 6.07 Å². The van der Waals surface area contributed by atoms with Crippen LogP contribution < -0.4 is 0 Å². The fourth-order valence-corrected chi connectivity index (χ4v) is 4.11. The molecule has 1 aromatic carbocycles. The van der Waals surface area contributed by atoms with Crippen LogP contribution in [-0.2, 0) is 16.6 Å². The number of carbonyl (C=O) groups excluding carboxylic acids is 1. The molecular weight excluding hydrogens is 312 g/mol. The van der Waals surface area contributed by atoms with Gasteiger partial charge in [-0.05, 0) is 43.5 Å². The molecule has 0 aliphatic heterocycles. The molecule has 5 nitrogen and oxygen atoms in total. The van der Waals surface area contributed by atoms with Crippen LogP contribution in [0.3, 0.4) is 0 Å². The molecule has 6 heteroatoms. The van der Waals surface area contributed by atoms with E-state index < -0.39 is 10.0 Å². The summed E-state index contributed by atoms with van der Waals surface area (Å²) in [6.07, 6.45) is 5.11. The maximum atomic E-state index is 12.9. The summed E-state index contributed by atoms with van der Waals surface area (Å²) >= 11 is 0. The average molecular weight is 330 g/mol. The Morgan fingerprint density at radius 2 is 1.91 bits per heavy atom. The van der Waals surface area contributed by atoms with Crippen LogP contribution in [0.4, 0.5) is 0 Å². The highest BCUT2D eigenvalue weighted by atomic mass is 32.2. The van der Waals surface area contributed by atoms with Gasteiger partial charge in [0.15, 0.2) is 5.78 Å². The third kappa shape index (κ3) is 3.48. The molecule has 1 aromatic heterocycles. The number of hydrogen-bond donors (Lipinski definition) is 0. The van der Waals surface area contributed by atoms with E-state index in [1.165, 1.54) is 23.4 Å². The number of nitrogens with zero attached hydrogens (tertiary/aromatic N) is 2.